The van der Waals surface area contributed by atoms with Gasteiger partial charge in [-0.05, 0) is 42.9 Å². The highest BCUT2D eigenvalue weighted by Gasteiger charge is 2.10. The number of rotatable bonds is 7. The van der Waals surface area contributed by atoms with Gasteiger partial charge in [-0.3, -0.25) is 4.79 Å². The van der Waals surface area contributed by atoms with Gasteiger partial charge in [-0.1, -0.05) is 38.8 Å². The normalized spacial score (nSPS) is 10.8. The first-order chi connectivity index (χ1) is 9.47. The molecule has 0 saturated carbocycles. The van der Waals surface area contributed by atoms with E-state index in [1.54, 1.807) is 0 Å². The maximum atomic E-state index is 11.7. The molecule has 0 fully saturated rings. The van der Waals surface area contributed by atoms with E-state index in [9.17, 15) is 9.90 Å². The quantitative estimate of drug-likeness (QED) is 0.769. The fourth-order valence-electron chi connectivity index (χ4n) is 2.24. The van der Waals surface area contributed by atoms with Crippen LogP contribution >= 0.6 is 0 Å². The first kappa shape index (κ1) is 16.5. The van der Waals surface area contributed by atoms with Crippen molar-refractivity contribution in [1.82, 2.24) is 0 Å². The number of carbonyl (C=O) groups is 1. The highest BCUT2D eigenvalue weighted by molar-refractivity contribution is 5.69. The Hall–Kier alpha value is -1.51. The molecule has 0 atom stereocenters. The van der Waals surface area contributed by atoms with Crippen molar-refractivity contribution < 1.29 is 14.6 Å². The van der Waals surface area contributed by atoms with Gasteiger partial charge in [0.15, 0.2) is 0 Å². The van der Waals surface area contributed by atoms with E-state index in [-0.39, 0.29) is 5.97 Å². The van der Waals surface area contributed by atoms with E-state index in [0.717, 1.165) is 29.5 Å². The van der Waals surface area contributed by atoms with Crippen LogP contribution in [0.15, 0.2) is 12.1 Å². The second kappa shape index (κ2) is 7.93. The number of phenolic OH excluding ortho intramolecular Hbond substituents is 1. The fraction of sp³-hybridized carbons (Fsp3) is 0.588. The molecule has 112 valence electrons. The van der Waals surface area contributed by atoms with Crippen LogP contribution < -0.4 is 0 Å². The second-order valence-corrected chi connectivity index (χ2v) is 5.44. The van der Waals surface area contributed by atoms with E-state index < -0.39 is 0 Å². The Labute approximate surface area is 122 Å². The predicted octanol–water partition coefficient (Wildman–Crippen LogP) is 3.92. The molecular formula is C17H26O3. The van der Waals surface area contributed by atoms with Gasteiger partial charge in [0, 0.05) is 6.42 Å². The molecule has 0 radical (unpaired) electrons. The van der Waals surface area contributed by atoms with Crippen LogP contribution in [-0.2, 0) is 16.0 Å². The Bertz CT molecular complexity index is 425. The summed E-state index contributed by atoms with van der Waals surface area (Å²) in [5, 5.41) is 9.72. The minimum Gasteiger partial charge on any atom is -0.507 e. The minimum absolute atomic E-state index is 0.139. The standard InChI is InChI=1S/C17H26O3/c1-5-14(6-2)11-20-16(18)8-7-15-9-12(3)17(19)13(4)10-15/h9-10,14,19H,5-8,11H2,1-4H3. The number of aryl methyl sites for hydroxylation is 3. The summed E-state index contributed by atoms with van der Waals surface area (Å²) in [6.07, 6.45) is 3.13. The van der Waals surface area contributed by atoms with Crippen LogP contribution in [0, 0.1) is 19.8 Å². The molecule has 1 rings (SSSR count). The molecule has 3 heteroatoms. The number of ether oxygens (including phenoxy) is 1. The Morgan fingerprint density at radius 1 is 1.20 bits per heavy atom. The van der Waals surface area contributed by atoms with Crippen LogP contribution in [0.2, 0.25) is 0 Å². The number of aromatic hydroxyl groups is 1. The Balaban J connectivity index is 2.45. The van der Waals surface area contributed by atoms with Gasteiger partial charge < -0.3 is 9.84 Å². The highest BCUT2D eigenvalue weighted by Crippen LogP contribution is 2.23. The molecule has 1 N–H and O–H groups in total. The van der Waals surface area contributed by atoms with Gasteiger partial charge >= 0.3 is 5.97 Å². The van der Waals surface area contributed by atoms with Crippen molar-refractivity contribution in [3.8, 4) is 5.75 Å². The maximum Gasteiger partial charge on any atom is 0.306 e. The van der Waals surface area contributed by atoms with Gasteiger partial charge in [0.25, 0.3) is 0 Å². The number of benzene rings is 1. The van der Waals surface area contributed by atoms with Gasteiger partial charge in [-0.2, -0.15) is 0 Å². The molecule has 0 aliphatic heterocycles. The first-order valence-corrected chi connectivity index (χ1v) is 7.42. The number of hydrogen-bond donors (Lipinski definition) is 1. The largest absolute Gasteiger partial charge is 0.507 e. The molecule has 0 aliphatic carbocycles. The van der Waals surface area contributed by atoms with Crippen LogP contribution in [-0.4, -0.2) is 17.7 Å². The van der Waals surface area contributed by atoms with E-state index in [0.29, 0.717) is 31.1 Å². The van der Waals surface area contributed by atoms with Crippen molar-refractivity contribution in [3.63, 3.8) is 0 Å². The van der Waals surface area contributed by atoms with Gasteiger partial charge in [0.05, 0.1) is 6.61 Å². The van der Waals surface area contributed by atoms with Crippen molar-refractivity contribution in [3.05, 3.63) is 28.8 Å². The monoisotopic (exact) mass is 278 g/mol. The third-order valence-electron chi connectivity index (χ3n) is 3.80. The summed E-state index contributed by atoms with van der Waals surface area (Å²) in [6.45, 7) is 8.50. The van der Waals surface area contributed by atoms with Crippen LogP contribution in [0.25, 0.3) is 0 Å². The van der Waals surface area contributed by atoms with Crippen LogP contribution in [0.3, 0.4) is 0 Å². The average molecular weight is 278 g/mol. The van der Waals surface area contributed by atoms with E-state index in [1.165, 1.54) is 0 Å². The molecule has 3 nitrogen and oxygen atoms in total. The molecule has 0 aromatic heterocycles. The van der Waals surface area contributed by atoms with Crippen LogP contribution in [0.1, 0.15) is 49.8 Å². The topological polar surface area (TPSA) is 46.5 Å². The Kier molecular flexibility index (Phi) is 6.56. The first-order valence-electron chi connectivity index (χ1n) is 7.42. The zero-order valence-electron chi connectivity index (χ0n) is 13.0. The van der Waals surface area contributed by atoms with E-state index in [4.69, 9.17) is 4.74 Å². The minimum atomic E-state index is -0.139. The van der Waals surface area contributed by atoms with Crippen LogP contribution in [0.5, 0.6) is 5.75 Å². The molecule has 0 aliphatic rings. The summed E-state index contributed by atoms with van der Waals surface area (Å²) in [7, 11) is 0. The summed E-state index contributed by atoms with van der Waals surface area (Å²) in [5.74, 6) is 0.669. The lowest BCUT2D eigenvalue weighted by molar-refractivity contribution is -0.145. The molecule has 1 aromatic rings. The van der Waals surface area contributed by atoms with Crippen molar-refractivity contribution in [2.45, 2.75) is 53.4 Å². The second-order valence-electron chi connectivity index (χ2n) is 5.44. The van der Waals surface area contributed by atoms with Gasteiger partial charge in [0.2, 0.25) is 0 Å². The van der Waals surface area contributed by atoms with E-state index >= 15 is 0 Å². The SMILES string of the molecule is CCC(CC)COC(=O)CCc1cc(C)c(O)c(C)c1. The zero-order chi connectivity index (χ0) is 15.1. The van der Waals surface area contributed by atoms with Crippen molar-refractivity contribution in [1.29, 1.82) is 0 Å². The van der Waals surface area contributed by atoms with Gasteiger partial charge in [-0.25, -0.2) is 0 Å². The Morgan fingerprint density at radius 2 is 1.75 bits per heavy atom. The molecule has 0 amide bonds. The van der Waals surface area contributed by atoms with Gasteiger partial charge in [0.1, 0.15) is 5.75 Å². The number of esters is 1. The number of carbonyl (C=O) groups excluding carboxylic acids is 1. The van der Waals surface area contributed by atoms with Crippen LogP contribution in [0.4, 0.5) is 0 Å². The average Bonchev–Trinajstić information content (AvgIpc) is 2.43. The third kappa shape index (κ3) is 4.87. The lowest BCUT2D eigenvalue weighted by Crippen LogP contribution is -2.13. The summed E-state index contributed by atoms with van der Waals surface area (Å²) in [5.41, 5.74) is 2.77. The Morgan fingerprint density at radius 3 is 2.25 bits per heavy atom. The molecule has 0 spiro atoms. The smallest absolute Gasteiger partial charge is 0.306 e. The number of phenols is 1. The fourth-order valence-corrected chi connectivity index (χ4v) is 2.24. The van der Waals surface area contributed by atoms with Crippen molar-refractivity contribution >= 4 is 5.97 Å². The number of hydrogen-bond acceptors (Lipinski definition) is 3. The lowest BCUT2D eigenvalue weighted by atomic mass is 10.0. The molecule has 20 heavy (non-hydrogen) atoms. The molecule has 0 bridgehead atoms. The molecule has 0 unspecified atom stereocenters. The third-order valence-corrected chi connectivity index (χ3v) is 3.80. The van der Waals surface area contributed by atoms with E-state index in [2.05, 4.69) is 13.8 Å². The summed E-state index contributed by atoms with van der Waals surface area (Å²) in [6, 6.07) is 3.85. The lowest BCUT2D eigenvalue weighted by Gasteiger charge is -2.13. The molecule has 0 saturated heterocycles. The molecular weight excluding hydrogens is 252 g/mol. The highest BCUT2D eigenvalue weighted by atomic mass is 16.5. The van der Waals surface area contributed by atoms with E-state index in [1.807, 2.05) is 26.0 Å². The summed E-state index contributed by atoms with van der Waals surface area (Å²) < 4.78 is 5.30. The summed E-state index contributed by atoms with van der Waals surface area (Å²) >= 11 is 0. The molecule has 1 aromatic carbocycles. The van der Waals surface area contributed by atoms with Crippen molar-refractivity contribution in [2.24, 2.45) is 5.92 Å². The van der Waals surface area contributed by atoms with Gasteiger partial charge in [-0.15, -0.1) is 0 Å². The molecule has 0 heterocycles. The zero-order valence-corrected chi connectivity index (χ0v) is 13.0. The maximum absolute atomic E-state index is 11.7. The summed E-state index contributed by atoms with van der Waals surface area (Å²) in [4.78, 5) is 11.7. The predicted molar refractivity (Wildman–Crippen MR) is 80.9 cm³/mol. The van der Waals surface area contributed by atoms with Crippen molar-refractivity contribution in [2.75, 3.05) is 6.61 Å².